The summed E-state index contributed by atoms with van der Waals surface area (Å²) in [4.78, 5) is 13.0. The van der Waals surface area contributed by atoms with Gasteiger partial charge in [0.05, 0.1) is 16.3 Å². The van der Waals surface area contributed by atoms with Crippen LogP contribution in [0.2, 0.25) is 10.0 Å². The lowest BCUT2D eigenvalue weighted by molar-refractivity contribution is 0.0960. The Kier molecular flexibility index (Phi) is 5.53. The number of hydrogen-bond donors (Lipinski definition) is 1. The van der Waals surface area contributed by atoms with Gasteiger partial charge >= 0.3 is 0 Å². The predicted molar refractivity (Wildman–Crippen MR) is 106 cm³/mol. The number of hydrazone groups is 1. The number of carbonyl (C=O) groups excluding carboxylic acids is 1. The summed E-state index contributed by atoms with van der Waals surface area (Å²) >= 11 is 13.5. The third kappa shape index (κ3) is 4.10. The van der Waals surface area contributed by atoms with Crippen LogP contribution in [0.1, 0.15) is 20.8 Å². The van der Waals surface area contributed by atoms with Crippen molar-refractivity contribution >= 4 is 46.7 Å². The van der Waals surface area contributed by atoms with Crippen LogP contribution in [-0.2, 0) is 0 Å². The van der Waals surface area contributed by atoms with Crippen molar-refractivity contribution in [1.82, 2.24) is 5.43 Å². The Labute approximate surface area is 159 Å². The Morgan fingerprint density at radius 3 is 2.44 bits per heavy atom. The molecule has 25 heavy (non-hydrogen) atoms. The van der Waals surface area contributed by atoms with Gasteiger partial charge in [0.1, 0.15) is 4.88 Å². The second kappa shape index (κ2) is 7.83. The summed E-state index contributed by atoms with van der Waals surface area (Å²) < 4.78 is 0. The van der Waals surface area contributed by atoms with E-state index in [0.717, 1.165) is 11.1 Å². The topological polar surface area (TPSA) is 41.5 Å². The van der Waals surface area contributed by atoms with Crippen molar-refractivity contribution < 1.29 is 4.79 Å². The van der Waals surface area contributed by atoms with Crippen LogP contribution in [0.25, 0.3) is 11.1 Å². The summed E-state index contributed by atoms with van der Waals surface area (Å²) in [5.41, 5.74) is 6.15. The van der Waals surface area contributed by atoms with E-state index >= 15 is 0 Å². The average molecular weight is 389 g/mol. The zero-order valence-corrected chi connectivity index (χ0v) is 15.6. The Hall–Kier alpha value is -2.14. The van der Waals surface area contributed by atoms with Crippen LogP contribution < -0.4 is 5.43 Å². The molecule has 0 atom stereocenters. The number of nitrogens with one attached hydrogen (secondary N) is 1. The van der Waals surface area contributed by atoms with Gasteiger partial charge in [0, 0.05) is 11.1 Å². The molecule has 0 bridgehead atoms. The number of nitrogens with zero attached hydrogens (tertiary/aromatic N) is 1. The number of thiophene rings is 1. The van der Waals surface area contributed by atoms with Crippen LogP contribution in [0, 0.1) is 6.92 Å². The van der Waals surface area contributed by atoms with Crippen LogP contribution in [0.3, 0.4) is 0 Å². The van der Waals surface area contributed by atoms with Crippen LogP contribution in [0.15, 0.2) is 59.0 Å². The van der Waals surface area contributed by atoms with Gasteiger partial charge in [0.25, 0.3) is 5.91 Å². The SMILES string of the molecule is Cc1ccc(-c2ccsc2C(=O)N/N=C\c2c(Cl)cccc2Cl)cc1. The van der Waals surface area contributed by atoms with Crippen molar-refractivity contribution in [3.8, 4) is 11.1 Å². The third-order valence-electron chi connectivity index (χ3n) is 3.59. The maximum Gasteiger partial charge on any atom is 0.282 e. The minimum atomic E-state index is -0.273. The zero-order valence-electron chi connectivity index (χ0n) is 13.3. The minimum Gasteiger partial charge on any atom is -0.266 e. The van der Waals surface area contributed by atoms with Gasteiger partial charge in [-0.2, -0.15) is 5.10 Å². The van der Waals surface area contributed by atoms with Gasteiger partial charge in [-0.25, -0.2) is 5.43 Å². The molecule has 3 nitrogen and oxygen atoms in total. The molecule has 0 saturated carbocycles. The Morgan fingerprint density at radius 1 is 1.08 bits per heavy atom. The van der Waals surface area contributed by atoms with E-state index in [2.05, 4.69) is 10.5 Å². The summed E-state index contributed by atoms with van der Waals surface area (Å²) in [5.74, 6) is -0.273. The van der Waals surface area contributed by atoms with Gasteiger partial charge in [-0.1, -0.05) is 59.1 Å². The van der Waals surface area contributed by atoms with Gasteiger partial charge < -0.3 is 0 Å². The van der Waals surface area contributed by atoms with E-state index in [1.807, 2.05) is 42.6 Å². The molecule has 2 aromatic carbocycles. The zero-order chi connectivity index (χ0) is 17.8. The van der Waals surface area contributed by atoms with Crippen molar-refractivity contribution in [2.45, 2.75) is 6.92 Å². The van der Waals surface area contributed by atoms with Crippen molar-refractivity contribution in [3.05, 3.63) is 80.0 Å². The normalized spacial score (nSPS) is 11.0. The van der Waals surface area contributed by atoms with Crippen molar-refractivity contribution in [2.75, 3.05) is 0 Å². The van der Waals surface area contributed by atoms with E-state index in [1.54, 1.807) is 18.2 Å². The third-order valence-corrected chi connectivity index (χ3v) is 5.17. The second-order valence-corrected chi connectivity index (χ2v) is 7.09. The van der Waals surface area contributed by atoms with Crippen LogP contribution in [-0.4, -0.2) is 12.1 Å². The molecule has 0 aliphatic heterocycles. The first-order chi connectivity index (χ1) is 12.1. The van der Waals surface area contributed by atoms with E-state index in [4.69, 9.17) is 23.2 Å². The van der Waals surface area contributed by atoms with Crippen molar-refractivity contribution in [2.24, 2.45) is 5.10 Å². The maximum absolute atomic E-state index is 12.4. The molecular formula is C19H14Cl2N2OS. The van der Waals surface area contributed by atoms with Gasteiger partial charge in [0.15, 0.2) is 0 Å². The number of hydrogen-bond acceptors (Lipinski definition) is 3. The van der Waals surface area contributed by atoms with E-state index in [0.29, 0.717) is 20.5 Å². The quantitative estimate of drug-likeness (QED) is 0.445. The number of carbonyl (C=O) groups is 1. The van der Waals surface area contributed by atoms with Crippen molar-refractivity contribution in [3.63, 3.8) is 0 Å². The first kappa shape index (κ1) is 17.7. The molecule has 1 heterocycles. The molecule has 3 rings (SSSR count). The van der Waals surface area contributed by atoms with Gasteiger partial charge in [-0.05, 0) is 36.1 Å². The molecule has 0 aliphatic carbocycles. The molecule has 1 N–H and O–H groups in total. The molecule has 1 aromatic heterocycles. The lowest BCUT2D eigenvalue weighted by Crippen LogP contribution is -2.17. The second-order valence-electron chi connectivity index (χ2n) is 5.36. The highest BCUT2D eigenvalue weighted by Crippen LogP contribution is 2.28. The predicted octanol–water partition coefficient (Wildman–Crippen LogP) is 5.79. The van der Waals surface area contributed by atoms with E-state index in [9.17, 15) is 4.79 Å². The largest absolute Gasteiger partial charge is 0.282 e. The fourth-order valence-corrected chi connectivity index (χ4v) is 3.59. The molecule has 3 aromatic rings. The maximum atomic E-state index is 12.4. The molecule has 0 saturated heterocycles. The molecule has 0 spiro atoms. The summed E-state index contributed by atoms with van der Waals surface area (Å²) in [7, 11) is 0. The Balaban J connectivity index is 1.78. The van der Waals surface area contributed by atoms with Crippen LogP contribution >= 0.6 is 34.5 Å². The van der Waals surface area contributed by atoms with E-state index < -0.39 is 0 Å². The highest BCUT2D eigenvalue weighted by atomic mass is 35.5. The highest BCUT2D eigenvalue weighted by molar-refractivity contribution is 7.12. The number of aryl methyl sites for hydroxylation is 1. The standard InChI is InChI=1S/C19H14Cl2N2OS/c1-12-5-7-13(8-6-12)14-9-10-25-18(14)19(24)23-22-11-15-16(20)3-2-4-17(15)21/h2-11H,1H3,(H,23,24)/b22-11-. The van der Waals surface area contributed by atoms with Crippen LogP contribution in [0.4, 0.5) is 0 Å². The minimum absolute atomic E-state index is 0.273. The van der Waals surface area contributed by atoms with Gasteiger partial charge in [-0.3, -0.25) is 4.79 Å². The lowest BCUT2D eigenvalue weighted by Gasteiger charge is -2.04. The summed E-state index contributed by atoms with van der Waals surface area (Å²) in [6.07, 6.45) is 1.45. The molecule has 6 heteroatoms. The van der Waals surface area contributed by atoms with Gasteiger partial charge in [-0.15, -0.1) is 11.3 Å². The number of benzene rings is 2. The molecular weight excluding hydrogens is 375 g/mol. The Morgan fingerprint density at radius 2 is 1.76 bits per heavy atom. The highest BCUT2D eigenvalue weighted by Gasteiger charge is 2.14. The van der Waals surface area contributed by atoms with Crippen molar-refractivity contribution in [1.29, 1.82) is 0 Å². The molecule has 126 valence electrons. The molecule has 0 unspecified atom stereocenters. The average Bonchev–Trinajstić information content (AvgIpc) is 3.08. The fraction of sp³-hybridized carbons (Fsp3) is 0.0526. The molecule has 0 aliphatic rings. The molecule has 1 amide bonds. The Bertz CT molecular complexity index is 913. The van der Waals surface area contributed by atoms with Gasteiger partial charge in [0.2, 0.25) is 0 Å². The molecule has 0 fully saturated rings. The monoisotopic (exact) mass is 388 g/mol. The summed E-state index contributed by atoms with van der Waals surface area (Å²) in [6.45, 7) is 2.03. The van der Waals surface area contributed by atoms with E-state index in [-0.39, 0.29) is 5.91 Å². The number of amides is 1. The number of halogens is 2. The first-order valence-corrected chi connectivity index (χ1v) is 9.12. The summed E-state index contributed by atoms with van der Waals surface area (Å²) in [5, 5.41) is 6.82. The number of rotatable bonds is 4. The molecule has 0 radical (unpaired) electrons. The van der Waals surface area contributed by atoms with Crippen LogP contribution in [0.5, 0.6) is 0 Å². The fourth-order valence-electron chi connectivity index (χ4n) is 2.29. The first-order valence-electron chi connectivity index (χ1n) is 7.48. The smallest absolute Gasteiger partial charge is 0.266 e. The summed E-state index contributed by atoms with van der Waals surface area (Å²) in [6, 6.07) is 15.1. The van der Waals surface area contributed by atoms with E-state index in [1.165, 1.54) is 23.1 Å². The lowest BCUT2D eigenvalue weighted by atomic mass is 10.1.